The molecular formula is C30H33N5O3. The lowest BCUT2D eigenvalue weighted by Gasteiger charge is -2.37. The van der Waals surface area contributed by atoms with Crippen molar-refractivity contribution in [3.05, 3.63) is 76.9 Å². The van der Waals surface area contributed by atoms with Gasteiger partial charge in [-0.2, -0.15) is 0 Å². The molecule has 0 unspecified atom stereocenters. The zero-order valence-electron chi connectivity index (χ0n) is 22.0. The highest BCUT2D eigenvalue weighted by Gasteiger charge is 2.34. The Labute approximate surface area is 223 Å². The Kier molecular flexibility index (Phi) is 6.68. The maximum atomic E-state index is 13.1. The molecule has 0 spiro atoms. The lowest BCUT2D eigenvalue weighted by molar-refractivity contribution is -0.128. The first-order valence-electron chi connectivity index (χ1n) is 13.2. The summed E-state index contributed by atoms with van der Waals surface area (Å²) in [6.07, 6.45) is 6.89. The number of hydrogen-bond donors (Lipinski definition) is 0. The van der Waals surface area contributed by atoms with E-state index in [4.69, 9.17) is 14.5 Å². The number of ether oxygens (including phenoxy) is 2. The highest BCUT2D eigenvalue weighted by molar-refractivity contribution is 6.00. The second kappa shape index (κ2) is 10.3. The Morgan fingerprint density at radius 3 is 2.63 bits per heavy atom. The molecule has 0 saturated carbocycles. The SMILES string of the molecule is CN1CCN(C(=O)C2=Cc3cc(Cc4nccc(-c5cc(OCC6(C)COC6)ccn5)n4)ccc3C2)CC1. The van der Waals surface area contributed by atoms with Gasteiger partial charge in [0.1, 0.15) is 11.6 Å². The number of amides is 1. The highest BCUT2D eigenvalue weighted by Crippen LogP contribution is 2.30. The van der Waals surface area contributed by atoms with Crippen LogP contribution in [0, 0.1) is 5.41 Å². The van der Waals surface area contributed by atoms with Gasteiger partial charge in [0, 0.05) is 68.5 Å². The quantitative estimate of drug-likeness (QED) is 0.482. The van der Waals surface area contributed by atoms with Crippen molar-refractivity contribution in [3.8, 4) is 17.1 Å². The standard InChI is InChI=1S/C30H33N5O3/c1-30(18-37-19-30)20-38-25-5-7-31-27(17-25)26-6-8-32-28(33-26)14-21-3-4-22-15-24(16-23(22)13-21)29(36)35-11-9-34(2)10-12-35/h3-8,13,16-17H,9-12,14-15,18-20H2,1-2H3. The summed E-state index contributed by atoms with van der Waals surface area (Å²) in [4.78, 5) is 31.1. The fraction of sp³-hybridized carbons (Fsp3) is 0.400. The molecule has 2 saturated heterocycles. The minimum atomic E-state index is 0.0786. The number of likely N-dealkylation sites (N-methyl/N-ethyl adjacent to an activating group) is 1. The number of benzene rings is 1. The predicted molar refractivity (Wildman–Crippen MR) is 145 cm³/mol. The van der Waals surface area contributed by atoms with Gasteiger partial charge < -0.3 is 19.3 Å². The van der Waals surface area contributed by atoms with Crippen LogP contribution in [0.3, 0.4) is 0 Å². The molecule has 196 valence electrons. The second-order valence-corrected chi connectivity index (χ2v) is 11.0. The van der Waals surface area contributed by atoms with Gasteiger partial charge in [0.15, 0.2) is 0 Å². The largest absolute Gasteiger partial charge is 0.493 e. The first-order chi connectivity index (χ1) is 18.4. The Morgan fingerprint density at radius 1 is 1.03 bits per heavy atom. The summed E-state index contributed by atoms with van der Waals surface area (Å²) in [5.41, 5.74) is 5.91. The van der Waals surface area contributed by atoms with Crippen molar-refractivity contribution >= 4 is 12.0 Å². The summed E-state index contributed by atoms with van der Waals surface area (Å²) in [5, 5.41) is 0. The van der Waals surface area contributed by atoms with Crippen molar-refractivity contribution in [1.82, 2.24) is 24.8 Å². The second-order valence-electron chi connectivity index (χ2n) is 11.0. The monoisotopic (exact) mass is 511 g/mol. The van der Waals surface area contributed by atoms with Crippen molar-refractivity contribution in [2.45, 2.75) is 19.8 Å². The first-order valence-corrected chi connectivity index (χ1v) is 13.2. The number of fused-ring (bicyclic) bond motifs is 1. The fourth-order valence-corrected chi connectivity index (χ4v) is 5.09. The third kappa shape index (κ3) is 5.33. The van der Waals surface area contributed by atoms with Crippen LogP contribution in [-0.2, 0) is 22.4 Å². The minimum absolute atomic E-state index is 0.0786. The van der Waals surface area contributed by atoms with Crippen molar-refractivity contribution in [2.24, 2.45) is 5.41 Å². The molecule has 0 atom stereocenters. The molecule has 6 rings (SSSR count). The molecule has 4 heterocycles. The zero-order chi connectivity index (χ0) is 26.1. The normalized spacial score (nSPS) is 18.5. The topological polar surface area (TPSA) is 80.7 Å². The lowest BCUT2D eigenvalue weighted by atomic mass is 9.90. The van der Waals surface area contributed by atoms with Gasteiger partial charge in [-0.3, -0.25) is 9.78 Å². The molecule has 0 N–H and O–H groups in total. The number of nitrogens with zero attached hydrogens (tertiary/aromatic N) is 5. The molecule has 8 nitrogen and oxygen atoms in total. The Hall–Kier alpha value is -3.62. The molecule has 2 fully saturated rings. The Balaban J connectivity index is 1.14. The summed E-state index contributed by atoms with van der Waals surface area (Å²) < 4.78 is 11.3. The molecule has 8 heteroatoms. The van der Waals surface area contributed by atoms with E-state index >= 15 is 0 Å². The first kappa shape index (κ1) is 24.7. The van der Waals surface area contributed by atoms with Gasteiger partial charge in [-0.15, -0.1) is 0 Å². The molecule has 3 aromatic rings. The molecule has 0 radical (unpaired) electrons. The Bertz CT molecular complexity index is 1380. The Morgan fingerprint density at radius 2 is 1.84 bits per heavy atom. The van der Waals surface area contributed by atoms with Crippen molar-refractivity contribution < 1.29 is 14.3 Å². The number of hydrogen-bond acceptors (Lipinski definition) is 7. The number of carbonyl (C=O) groups excluding carboxylic acids is 1. The molecular weight excluding hydrogens is 478 g/mol. The summed E-state index contributed by atoms with van der Waals surface area (Å²) in [7, 11) is 2.10. The number of aromatic nitrogens is 3. The van der Waals surface area contributed by atoms with Crippen molar-refractivity contribution in [1.29, 1.82) is 0 Å². The predicted octanol–water partition coefficient (Wildman–Crippen LogP) is 3.26. The third-order valence-corrected chi connectivity index (χ3v) is 7.54. The van der Waals surface area contributed by atoms with E-state index < -0.39 is 0 Å². The van der Waals surface area contributed by atoms with Gasteiger partial charge in [-0.1, -0.05) is 25.1 Å². The van der Waals surface area contributed by atoms with Crippen LogP contribution in [0.15, 0.2) is 54.4 Å². The maximum absolute atomic E-state index is 13.1. The summed E-state index contributed by atoms with van der Waals surface area (Å²) >= 11 is 0. The van der Waals surface area contributed by atoms with E-state index in [1.165, 1.54) is 5.56 Å². The average molecular weight is 512 g/mol. The van der Waals surface area contributed by atoms with Crippen LogP contribution >= 0.6 is 0 Å². The van der Waals surface area contributed by atoms with E-state index in [1.807, 2.05) is 23.1 Å². The van der Waals surface area contributed by atoms with Gasteiger partial charge >= 0.3 is 0 Å². The van der Waals surface area contributed by atoms with E-state index in [1.54, 1.807) is 12.4 Å². The van der Waals surface area contributed by atoms with Gasteiger partial charge in [0.25, 0.3) is 0 Å². The molecule has 38 heavy (non-hydrogen) atoms. The van der Waals surface area contributed by atoms with Crippen molar-refractivity contribution in [2.75, 3.05) is 53.0 Å². The third-order valence-electron chi connectivity index (χ3n) is 7.54. The van der Waals surface area contributed by atoms with Gasteiger partial charge in [-0.05, 0) is 41.9 Å². The van der Waals surface area contributed by atoms with E-state index in [0.29, 0.717) is 19.4 Å². The molecule has 2 aromatic heterocycles. The van der Waals surface area contributed by atoms with Gasteiger partial charge in [0.05, 0.1) is 31.2 Å². The molecule has 1 amide bonds. The lowest BCUT2D eigenvalue weighted by Crippen LogP contribution is -2.47. The van der Waals surface area contributed by atoms with E-state index in [0.717, 1.165) is 79.1 Å². The van der Waals surface area contributed by atoms with Crippen LogP contribution in [0.5, 0.6) is 5.75 Å². The van der Waals surface area contributed by atoms with Crippen LogP contribution in [0.1, 0.15) is 29.4 Å². The molecule has 1 aromatic carbocycles. The summed E-state index contributed by atoms with van der Waals surface area (Å²) in [6.45, 7) is 7.67. The number of piperazine rings is 1. The van der Waals surface area contributed by atoms with E-state index in [9.17, 15) is 4.79 Å². The zero-order valence-corrected chi connectivity index (χ0v) is 22.0. The number of carbonyl (C=O) groups is 1. The van der Waals surface area contributed by atoms with E-state index in [2.05, 4.69) is 53.1 Å². The van der Waals surface area contributed by atoms with Crippen LogP contribution in [-0.4, -0.2) is 83.7 Å². The average Bonchev–Trinajstić information content (AvgIpc) is 3.35. The fourth-order valence-electron chi connectivity index (χ4n) is 5.09. The maximum Gasteiger partial charge on any atom is 0.250 e. The van der Waals surface area contributed by atoms with Gasteiger partial charge in [-0.25, -0.2) is 9.97 Å². The van der Waals surface area contributed by atoms with Gasteiger partial charge in [0.2, 0.25) is 5.91 Å². The summed E-state index contributed by atoms with van der Waals surface area (Å²) in [6, 6.07) is 12.1. The van der Waals surface area contributed by atoms with Crippen LogP contribution in [0.25, 0.3) is 17.5 Å². The van der Waals surface area contributed by atoms with E-state index in [-0.39, 0.29) is 11.3 Å². The number of pyridine rings is 1. The summed E-state index contributed by atoms with van der Waals surface area (Å²) in [5.74, 6) is 1.67. The minimum Gasteiger partial charge on any atom is -0.493 e. The molecule has 3 aliphatic rings. The molecule has 2 aliphatic heterocycles. The highest BCUT2D eigenvalue weighted by atomic mass is 16.5. The van der Waals surface area contributed by atoms with Crippen LogP contribution in [0.4, 0.5) is 0 Å². The molecule has 1 aliphatic carbocycles. The smallest absolute Gasteiger partial charge is 0.250 e. The molecule has 0 bridgehead atoms. The van der Waals surface area contributed by atoms with Crippen LogP contribution < -0.4 is 4.74 Å². The number of rotatable bonds is 7. The van der Waals surface area contributed by atoms with Crippen molar-refractivity contribution in [3.63, 3.8) is 0 Å². The van der Waals surface area contributed by atoms with Crippen LogP contribution in [0.2, 0.25) is 0 Å².